The molecular weight excluding hydrogens is 200 g/mol. The third kappa shape index (κ3) is 3.72. The van der Waals surface area contributed by atoms with Crippen molar-refractivity contribution in [2.24, 2.45) is 0 Å². The van der Waals surface area contributed by atoms with E-state index in [0.29, 0.717) is 0 Å². The standard InChI is InChI=1S/C13H26N2O/c1-2-7-15-8-3-12(4-9-15)14-13-5-10-16-11-6-13/h12-14H,2-11H2,1H3. The Bertz CT molecular complexity index is 184. The maximum absolute atomic E-state index is 5.39. The van der Waals surface area contributed by atoms with Crippen LogP contribution in [0.3, 0.4) is 0 Å². The van der Waals surface area contributed by atoms with Crippen molar-refractivity contribution < 1.29 is 4.74 Å². The van der Waals surface area contributed by atoms with E-state index in [-0.39, 0.29) is 0 Å². The first-order chi connectivity index (χ1) is 7.88. The van der Waals surface area contributed by atoms with Crippen LogP contribution in [0, 0.1) is 0 Å². The van der Waals surface area contributed by atoms with Crippen LogP contribution in [0.5, 0.6) is 0 Å². The molecule has 3 nitrogen and oxygen atoms in total. The van der Waals surface area contributed by atoms with Gasteiger partial charge in [0.25, 0.3) is 0 Å². The van der Waals surface area contributed by atoms with Crippen LogP contribution in [0.1, 0.15) is 39.0 Å². The molecule has 0 bridgehead atoms. The number of likely N-dealkylation sites (tertiary alicyclic amines) is 1. The van der Waals surface area contributed by atoms with Gasteiger partial charge in [-0.05, 0) is 51.7 Å². The lowest BCUT2D eigenvalue weighted by molar-refractivity contribution is 0.0706. The van der Waals surface area contributed by atoms with Gasteiger partial charge < -0.3 is 15.0 Å². The van der Waals surface area contributed by atoms with Gasteiger partial charge in [-0.15, -0.1) is 0 Å². The summed E-state index contributed by atoms with van der Waals surface area (Å²) in [6.07, 6.45) is 6.36. The van der Waals surface area contributed by atoms with Gasteiger partial charge in [-0.2, -0.15) is 0 Å². The van der Waals surface area contributed by atoms with Crippen molar-refractivity contribution in [3.63, 3.8) is 0 Å². The summed E-state index contributed by atoms with van der Waals surface area (Å²) in [7, 11) is 0. The number of hydrogen-bond acceptors (Lipinski definition) is 3. The SMILES string of the molecule is CCCN1CCC(NC2CCOCC2)CC1. The molecule has 0 radical (unpaired) electrons. The summed E-state index contributed by atoms with van der Waals surface area (Å²) in [6.45, 7) is 8.03. The molecule has 0 amide bonds. The predicted molar refractivity (Wildman–Crippen MR) is 66.7 cm³/mol. The topological polar surface area (TPSA) is 24.5 Å². The number of hydrogen-bond donors (Lipinski definition) is 1. The monoisotopic (exact) mass is 226 g/mol. The summed E-state index contributed by atoms with van der Waals surface area (Å²) >= 11 is 0. The quantitative estimate of drug-likeness (QED) is 0.788. The van der Waals surface area contributed by atoms with Crippen molar-refractivity contribution in [3.05, 3.63) is 0 Å². The average Bonchev–Trinajstić information content (AvgIpc) is 2.33. The molecule has 0 atom stereocenters. The Kier molecular flexibility index (Phi) is 5.07. The summed E-state index contributed by atoms with van der Waals surface area (Å²) in [4.78, 5) is 2.60. The van der Waals surface area contributed by atoms with Gasteiger partial charge in [-0.25, -0.2) is 0 Å². The van der Waals surface area contributed by atoms with Crippen molar-refractivity contribution in [2.75, 3.05) is 32.8 Å². The maximum atomic E-state index is 5.39. The van der Waals surface area contributed by atoms with E-state index in [0.717, 1.165) is 25.3 Å². The van der Waals surface area contributed by atoms with Gasteiger partial charge in [-0.3, -0.25) is 0 Å². The van der Waals surface area contributed by atoms with Crippen molar-refractivity contribution in [1.82, 2.24) is 10.2 Å². The molecule has 2 rings (SSSR count). The number of nitrogens with zero attached hydrogens (tertiary/aromatic N) is 1. The van der Waals surface area contributed by atoms with E-state index in [1.807, 2.05) is 0 Å². The smallest absolute Gasteiger partial charge is 0.0480 e. The average molecular weight is 226 g/mol. The van der Waals surface area contributed by atoms with Gasteiger partial charge in [0, 0.05) is 25.3 Å². The minimum absolute atomic E-state index is 0.719. The Balaban J connectivity index is 1.64. The van der Waals surface area contributed by atoms with E-state index in [9.17, 15) is 0 Å². The lowest BCUT2D eigenvalue weighted by atomic mass is 10.0. The molecule has 16 heavy (non-hydrogen) atoms. The van der Waals surface area contributed by atoms with Crippen LogP contribution >= 0.6 is 0 Å². The molecule has 2 fully saturated rings. The summed E-state index contributed by atoms with van der Waals surface area (Å²) in [5.74, 6) is 0. The van der Waals surface area contributed by atoms with Gasteiger partial charge in [-0.1, -0.05) is 6.92 Å². The van der Waals surface area contributed by atoms with Crippen LogP contribution < -0.4 is 5.32 Å². The lowest BCUT2D eigenvalue weighted by Gasteiger charge is -2.35. The van der Waals surface area contributed by atoms with Crippen molar-refractivity contribution in [3.8, 4) is 0 Å². The highest BCUT2D eigenvalue weighted by Crippen LogP contribution is 2.14. The lowest BCUT2D eigenvalue weighted by Crippen LogP contribution is -2.47. The Hall–Kier alpha value is -0.120. The van der Waals surface area contributed by atoms with E-state index in [1.165, 1.54) is 51.7 Å². The fourth-order valence-corrected chi connectivity index (χ4v) is 2.84. The van der Waals surface area contributed by atoms with E-state index < -0.39 is 0 Å². The highest BCUT2D eigenvalue weighted by molar-refractivity contribution is 4.81. The molecule has 3 heteroatoms. The second-order valence-electron chi connectivity index (χ2n) is 5.17. The van der Waals surface area contributed by atoms with Crippen molar-refractivity contribution in [1.29, 1.82) is 0 Å². The highest BCUT2D eigenvalue weighted by atomic mass is 16.5. The maximum Gasteiger partial charge on any atom is 0.0480 e. The Labute approximate surface area is 99.5 Å². The largest absolute Gasteiger partial charge is 0.381 e. The van der Waals surface area contributed by atoms with Gasteiger partial charge in [0.15, 0.2) is 0 Å². The summed E-state index contributed by atoms with van der Waals surface area (Å²) < 4.78 is 5.39. The minimum atomic E-state index is 0.719. The summed E-state index contributed by atoms with van der Waals surface area (Å²) in [6, 6.07) is 1.48. The van der Waals surface area contributed by atoms with Crippen molar-refractivity contribution in [2.45, 2.75) is 51.1 Å². The Morgan fingerprint density at radius 2 is 1.69 bits per heavy atom. The highest BCUT2D eigenvalue weighted by Gasteiger charge is 2.22. The van der Waals surface area contributed by atoms with Crippen LogP contribution in [0.2, 0.25) is 0 Å². The summed E-state index contributed by atoms with van der Waals surface area (Å²) in [5.41, 5.74) is 0. The minimum Gasteiger partial charge on any atom is -0.381 e. The second-order valence-corrected chi connectivity index (χ2v) is 5.17. The predicted octanol–water partition coefficient (Wildman–Crippen LogP) is 1.63. The molecule has 0 aliphatic carbocycles. The molecule has 1 N–H and O–H groups in total. The molecule has 0 unspecified atom stereocenters. The third-order valence-corrected chi connectivity index (χ3v) is 3.82. The molecule has 0 aromatic rings. The Morgan fingerprint density at radius 1 is 1.06 bits per heavy atom. The zero-order valence-corrected chi connectivity index (χ0v) is 10.6. The van der Waals surface area contributed by atoms with Crippen molar-refractivity contribution >= 4 is 0 Å². The molecule has 0 aromatic carbocycles. The first-order valence-corrected chi connectivity index (χ1v) is 6.94. The van der Waals surface area contributed by atoms with Crippen LogP contribution in [-0.2, 0) is 4.74 Å². The molecular formula is C13H26N2O. The van der Waals surface area contributed by atoms with Gasteiger partial charge in [0.1, 0.15) is 0 Å². The number of nitrogens with one attached hydrogen (secondary N) is 1. The first kappa shape index (κ1) is 12.3. The van der Waals surface area contributed by atoms with Gasteiger partial charge in [0.2, 0.25) is 0 Å². The van der Waals surface area contributed by atoms with Crippen LogP contribution in [0.25, 0.3) is 0 Å². The zero-order valence-electron chi connectivity index (χ0n) is 10.6. The normalized spacial score (nSPS) is 26.1. The summed E-state index contributed by atoms with van der Waals surface area (Å²) in [5, 5.41) is 3.81. The van der Waals surface area contributed by atoms with Gasteiger partial charge >= 0.3 is 0 Å². The fourth-order valence-electron chi connectivity index (χ4n) is 2.84. The number of rotatable bonds is 4. The third-order valence-electron chi connectivity index (χ3n) is 3.82. The fraction of sp³-hybridized carbons (Fsp3) is 1.00. The molecule has 2 heterocycles. The Morgan fingerprint density at radius 3 is 2.31 bits per heavy atom. The molecule has 2 aliphatic heterocycles. The van der Waals surface area contributed by atoms with E-state index >= 15 is 0 Å². The van der Waals surface area contributed by atoms with Crippen LogP contribution in [-0.4, -0.2) is 49.8 Å². The van der Waals surface area contributed by atoms with E-state index in [4.69, 9.17) is 4.74 Å². The first-order valence-electron chi connectivity index (χ1n) is 6.94. The van der Waals surface area contributed by atoms with Crippen LogP contribution in [0.4, 0.5) is 0 Å². The van der Waals surface area contributed by atoms with E-state index in [2.05, 4.69) is 17.1 Å². The zero-order chi connectivity index (χ0) is 11.2. The molecule has 2 saturated heterocycles. The number of ether oxygens (including phenoxy) is 1. The second kappa shape index (κ2) is 6.58. The number of piperidine rings is 1. The van der Waals surface area contributed by atoms with Gasteiger partial charge in [0.05, 0.1) is 0 Å². The molecule has 94 valence electrons. The molecule has 2 aliphatic rings. The van der Waals surface area contributed by atoms with Crippen LogP contribution in [0.15, 0.2) is 0 Å². The molecule has 0 saturated carbocycles. The molecule has 0 spiro atoms. The molecule has 0 aromatic heterocycles. The van der Waals surface area contributed by atoms with E-state index in [1.54, 1.807) is 0 Å².